The Morgan fingerprint density at radius 1 is 1.33 bits per heavy atom. The Morgan fingerprint density at radius 2 is 2.17 bits per heavy atom. The largest absolute Gasteiger partial charge is 0.397 e. The van der Waals surface area contributed by atoms with Crippen LogP contribution in [0.15, 0.2) is 30.6 Å². The molecule has 1 aliphatic rings. The van der Waals surface area contributed by atoms with Gasteiger partial charge in [-0.2, -0.15) is 0 Å². The highest BCUT2D eigenvalue weighted by Gasteiger charge is 2.24. The molecule has 94 valence electrons. The first-order valence-corrected chi connectivity index (χ1v) is 6.64. The van der Waals surface area contributed by atoms with E-state index in [-0.39, 0.29) is 0 Å². The SMILES string of the molecule is CC(Nc1ccc2cnccc2c1N)C1CCC1. The molecule has 2 aromatic rings. The van der Waals surface area contributed by atoms with E-state index < -0.39 is 0 Å². The third-order valence-electron chi connectivity index (χ3n) is 4.10. The van der Waals surface area contributed by atoms with Crippen LogP contribution in [-0.2, 0) is 0 Å². The first-order chi connectivity index (χ1) is 8.75. The molecular formula is C15H19N3. The van der Waals surface area contributed by atoms with Crippen LogP contribution in [0.5, 0.6) is 0 Å². The van der Waals surface area contributed by atoms with Crippen LogP contribution >= 0.6 is 0 Å². The summed E-state index contributed by atoms with van der Waals surface area (Å²) in [6.07, 6.45) is 7.69. The van der Waals surface area contributed by atoms with Gasteiger partial charge in [-0.15, -0.1) is 0 Å². The van der Waals surface area contributed by atoms with E-state index in [4.69, 9.17) is 5.73 Å². The highest BCUT2D eigenvalue weighted by molar-refractivity contribution is 5.98. The summed E-state index contributed by atoms with van der Waals surface area (Å²) in [6, 6.07) is 6.62. The number of pyridine rings is 1. The number of anilines is 2. The van der Waals surface area contributed by atoms with Crippen LogP contribution < -0.4 is 11.1 Å². The maximum absolute atomic E-state index is 6.24. The van der Waals surface area contributed by atoms with Crippen molar-refractivity contribution in [1.82, 2.24) is 4.98 Å². The Kier molecular flexibility index (Phi) is 2.82. The molecule has 1 fully saturated rings. The van der Waals surface area contributed by atoms with Gasteiger partial charge in [0.1, 0.15) is 0 Å². The summed E-state index contributed by atoms with van der Waals surface area (Å²) in [5.41, 5.74) is 8.12. The van der Waals surface area contributed by atoms with Gasteiger partial charge < -0.3 is 11.1 Å². The fraction of sp³-hybridized carbons (Fsp3) is 0.400. The van der Waals surface area contributed by atoms with Gasteiger partial charge in [-0.1, -0.05) is 12.5 Å². The van der Waals surface area contributed by atoms with Crippen LogP contribution in [-0.4, -0.2) is 11.0 Å². The molecule has 0 saturated heterocycles. The Morgan fingerprint density at radius 3 is 2.89 bits per heavy atom. The average molecular weight is 241 g/mol. The number of nitrogens with zero attached hydrogens (tertiary/aromatic N) is 1. The number of hydrogen-bond donors (Lipinski definition) is 2. The Hall–Kier alpha value is -1.77. The summed E-state index contributed by atoms with van der Waals surface area (Å²) >= 11 is 0. The van der Waals surface area contributed by atoms with E-state index >= 15 is 0 Å². The van der Waals surface area contributed by atoms with Crippen molar-refractivity contribution in [2.24, 2.45) is 5.92 Å². The summed E-state index contributed by atoms with van der Waals surface area (Å²) in [4.78, 5) is 4.12. The van der Waals surface area contributed by atoms with Gasteiger partial charge >= 0.3 is 0 Å². The van der Waals surface area contributed by atoms with Gasteiger partial charge in [-0.3, -0.25) is 4.98 Å². The van der Waals surface area contributed by atoms with Gasteiger partial charge in [0.2, 0.25) is 0 Å². The number of benzene rings is 1. The quantitative estimate of drug-likeness (QED) is 0.809. The van der Waals surface area contributed by atoms with Crippen molar-refractivity contribution in [3.05, 3.63) is 30.6 Å². The molecule has 3 rings (SSSR count). The molecular weight excluding hydrogens is 222 g/mol. The second kappa shape index (κ2) is 4.48. The van der Waals surface area contributed by atoms with Crippen LogP contribution in [0.4, 0.5) is 11.4 Å². The van der Waals surface area contributed by atoms with Gasteiger partial charge in [0.15, 0.2) is 0 Å². The van der Waals surface area contributed by atoms with Crippen LogP contribution in [0.2, 0.25) is 0 Å². The molecule has 3 nitrogen and oxygen atoms in total. The Labute approximate surface area is 107 Å². The number of nitrogen functional groups attached to an aromatic ring is 1. The molecule has 1 atom stereocenters. The summed E-state index contributed by atoms with van der Waals surface area (Å²) in [6.45, 7) is 2.25. The maximum atomic E-state index is 6.24. The summed E-state index contributed by atoms with van der Waals surface area (Å²) < 4.78 is 0. The van der Waals surface area contributed by atoms with E-state index in [1.807, 2.05) is 12.3 Å². The third kappa shape index (κ3) is 1.90. The number of hydrogen-bond acceptors (Lipinski definition) is 3. The monoisotopic (exact) mass is 241 g/mol. The lowest BCUT2D eigenvalue weighted by atomic mass is 9.80. The van der Waals surface area contributed by atoms with Gasteiger partial charge in [-0.25, -0.2) is 0 Å². The van der Waals surface area contributed by atoms with Gasteiger partial charge in [0.05, 0.1) is 11.4 Å². The highest BCUT2D eigenvalue weighted by atomic mass is 14.9. The van der Waals surface area contributed by atoms with Crippen LogP contribution in [0, 0.1) is 5.92 Å². The standard InChI is InChI=1S/C15H19N3/c1-10(11-3-2-4-11)18-14-6-5-12-9-17-8-7-13(12)15(14)16/h5-11,18H,2-4,16H2,1H3. The molecule has 1 heterocycles. The zero-order valence-electron chi connectivity index (χ0n) is 10.7. The second-order valence-electron chi connectivity index (χ2n) is 5.25. The normalized spacial score (nSPS) is 17.4. The van der Waals surface area contributed by atoms with E-state index in [0.29, 0.717) is 6.04 Å². The molecule has 0 radical (unpaired) electrons. The van der Waals surface area contributed by atoms with Crippen molar-refractivity contribution in [1.29, 1.82) is 0 Å². The predicted octanol–water partition coefficient (Wildman–Crippen LogP) is 3.42. The molecule has 1 aromatic carbocycles. The molecule has 0 aliphatic heterocycles. The molecule has 0 spiro atoms. The van der Waals surface area contributed by atoms with Crippen LogP contribution in [0.3, 0.4) is 0 Å². The number of nitrogens with two attached hydrogens (primary N) is 1. The van der Waals surface area contributed by atoms with Crippen molar-refractivity contribution in [2.45, 2.75) is 32.2 Å². The molecule has 0 amide bonds. The van der Waals surface area contributed by atoms with Gasteiger partial charge in [0.25, 0.3) is 0 Å². The lowest BCUT2D eigenvalue weighted by Gasteiger charge is -2.33. The number of rotatable bonds is 3. The van der Waals surface area contributed by atoms with E-state index in [9.17, 15) is 0 Å². The van der Waals surface area contributed by atoms with Crippen molar-refractivity contribution in [3.63, 3.8) is 0 Å². The molecule has 18 heavy (non-hydrogen) atoms. The Bertz CT molecular complexity index is 561. The minimum Gasteiger partial charge on any atom is -0.397 e. The lowest BCUT2D eigenvalue weighted by molar-refractivity contribution is 0.285. The van der Waals surface area contributed by atoms with Gasteiger partial charge in [0, 0.05) is 29.2 Å². The molecule has 1 saturated carbocycles. The van der Waals surface area contributed by atoms with E-state index in [0.717, 1.165) is 28.1 Å². The summed E-state index contributed by atoms with van der Waals surface area (Å²) in [7, 11) is 0. The van der Waals surface area contributed by atoms with Gasteiger partial charge in [-0.05, 0) is 37.8 Å². The van der Waals surface area contributed by atoms with Crippen molar-refractivity contribution in [3.8, 4) is 0 Å². The van der Waals surface area contributed by atoms with E-state index in [1.165, 1.54) is 19.3 Å². The predicted molar refractivity (Wildman–Crippen MR) is 76.6 cm³/mol. The highest BCUT2D eigenvalue weighted by Crippen LogP contribution is 2.34. The average Bonchev–Trinajstić information content (AvgIpc) is 2.31. The minimum atomic E-state index is 0.500. The molecule has 1 unspecified atom stereocenters. The number of aromatic nitrogens is 1. The number of fused-ring (bicyclic) bond motifs is 1. The zero-order valence-corrected chi connectivity index (χ0v) is 10.7. The topological polar surface area (TPSA) is 50.9 Å². The van der Waals surface area contributed by atoms with Crippen LogP contribution in [0.1, 0.15) is 26.2 Å². The third-order valence-corrected chi connectivity index (χ3v) is 4.10. The molecule has 1 aromatic heterocycles. The fourth-order valence-electron chi connectivity index (χ4n) is 2.62. The number of nitrogens with one attached hydrogen (secondary N) is 1. The molecule has 3 N–H and O–H groups in total. The summed E-state index contributed by atoms with van der Waals surface area (Å²) in [5, 5.41) is 5.73. The Balaban J connectivity index is 1.89. The molecule has 0 bridgehead atoms. The first kappa shape index (κ1) is 11.3. The first-order valence-electron chi connectivity index (χ1n) is 6.64. The minimum absolute atomic E-state index is 0.500. The lowest BCUT2D eigenvalue weighted by Crippen LogP contribution is -2.31. The van der Waals surface area contributed by atoms with Crippen molar-refractivity contribution in [2.75, 3.05) is 11.1 Å². The van der Waals surface area contributed by atoms with Crippen molar-refractivity contribution >= 4 is 22.1 Å². The van der Waals surface area contributed by atoms with E-state index in [1.54, 1.807) is 6.20 Å². The van der Waals surface area contributed by atoms with E-state index in [2.05, 4.69) is 29.4 Å². The second-order valence-corrected chi connectivity index (χ2v) is 5.25. The maximum Gasteiger partial charge on any atom is 0.0630 e. The summed E-state index contributed by atoms with van der Waals surface area (Å²) in [5.74, 6) is 0.803. The molecule has 1 aliphatic carbocycles. The smallest absolute Gasteiger partial charge is 0.0630 e. The fourth-order valence-corrected chi connectivity index (χ4v) is 2.62. The zero-order chi connectivity index (χ0) is 12.5. The van der Waals surface area contributed by atoms with Crippen LogP contribution in [0.25, 0.3) is 10.8 Å². The van der Waals surface area contributed by atoms with Crippen molar-refractivity contribution < 1.29 is 0 Å². The molecule has 3 heteroatoms.